The summed E-state index contributed by atoms with van der Waals surface area (Å²) < 4.78 is 26.7. The normalized spacial score (nSPS) is 27.8. The van der Waals surface area contributed by atoms with E-state index in [0.717, 1.165) is 12.8 Å². The summed E-state index contributed by atoms with van der Waals surface area (Å²) in [6.45, 7) is 2.31. The molecule has 1 aliphatic heterocycles. The van der Waals surface area contributed by atoms with Crippen molar-refractivity contribution in [3.63, 3.8) is 0 Å². The SMILES string of the molecule is CCCCOC1C(OC(=O)c2ccccc2)[C@@H](OC)O[C@@H](C(=O)OC)[C@H]1O. The Morgan fingerprint density at radius 3 is 2.44 bits per heavy atom. The van der Waals surface area contributed by atoms with Gasteiger partial charge in [0.15, 0.2) is 18.5 Å². The standard InChI is InChI=1S/C19H26O8/c1-4-5-11-25-14-13(20)15(18(22)23-2)27-19(24-3)16(14)26-17(21)12-9-7-6-8-10-12/h6-10,13-16,19-20H,4-5,11H2,1-3H3/t13-,14?,15+,16?,19-/m0/s1. The van der Waals surface area contributed by atoms with Crippen LogP contribution in [0, 0.1) is 0 Å². The van der Waals surface area contributed by atoms with Crippen LogP contribution in [0.1, 0.15) is 30.1 Å². The number of carbonyl (C=O) groups excluding carboxylic acids is 2. The van der Waals surface area contributed by atoms with Gasteiger partial charge in [0.2, 0.25) is 0 Å². The van der Waals surface area contributed by atoms with Crippen molar-refractivity contribution in [2.24, 2.45) is 0 Å². The van der Waals surface area contributed by atoms with E-state index >= 15 is 0 Å². The van der Waals surface area contributed by atoms with Crippen molar-refractivity contribution in [2.75, 3.05) is 20.8 Å². The predicted octanol–water partition coefficient (Wildman–Crippen LogP) is 1.30. The van der Waals surface area contributed by atoms with E-state index in [4.69, 9.17) is 18.9 Å². The van der Waals surface area contributed by atoms with Crippen molar-refractivity contribution in [3.05, 3.63) is 35.9 Å². The molecule has 1 aliphatic rings. The number of rotatable bonds is 8. The first-order chi connectivity index (χ1) is 13.0. The molecule has 0 saturated carbocycles. The second-order valence-electron chi connectivity index (χ2n) is 6.10. The molecule has 5 atom stereocenters. The zero-order valence-electron chi connectivity index (χ0n) is 15.7. The fourth-order valence-corrected chi connectivity index (χ4v) is 2.77. The third-order valence-corrected chi connectivity index (χ3v) is 4.25. The van der Waals surface area contributed by atoms with Gasteiger partial charge in [-0.3, -0.25) is 0 Å². The molecule has 8 nitrogen and oxygen atoms in total. The predicted molar refractivity (Wildman–Crippen MR) is 94.0 cm³/mol. The van der Waals surface area contributed by atoms with Gasteiger partial charge in [0.1, 0.15) is 12.2 Å². The summed E-state index contributed by atoms with van der Waals surface area (Å²) in [6, 6.07) is 8.40. The molecule has 150 valence electrons. The van der Waals surface area contributed by atoms with Gasteiger partial charge in [0.25, 0.3) is 0 Å². The van der Waals surface area contributed by atoms with Crippen LogP contribution in [-0.4, -0.2) is 68.6 Å². The minimum Gasteiger partial charge on any atom is -0.467 e. The van der Waals surface area contributed by atoms with Crippen molar-refractivity contribution in [2.45, 2.75) is 50.5 Å². The zero-order chi connectivity index (χ0) is 19.8. The lowest BCUT2D eigenvalue weighted by Crippen LogP contribution is -2.62. The summed E-state index contributed by atoms with van der Waals surface area (Å²) in [5.41, 5.74) is 0.337. The Bertz CT molecular complexity index is 605. The molecule has 0 bridgehead atoms. The smallest absolute Gasteiger partial charge is 0.338 e. The average molecular weight is 382 g/mol. The fourth-order valence-electron chi connectivity index (χ4n) is 2.77. The summed E-state index contributed by atoms with van der Waals surface area (Å²) in [4.78, 5) is 24.4. The van der Waals surface area contributed by atoms with Crippen LogP contribution in [0.4, 0.5) is 0 Å². The highest BCUT2D eigenvalue weighted by molar-refractivity contribution is 5.89. The van der Waals surface area contributed by atoms with E-state index in [1.165, 1.54) is 14.2 Å². The lowest BCUT2D eigenvalue weighted by molar-refractivity contribution is -0.294. The van der Waals surface area contributed by atoms with Crippen LogP contribution >= 0.6 is 0 Å². The lowest BCUT2D eigenvalue weighted by atomic mass is 9.98. The van der Waals surface area contributed by atoms with E-state index in [2.05, 4.69) is 4.74 Å². The molecule has 2 unspecified atom stereocenters. The Labute approximate surface area is 158 Å². The third kappa shape index (κ3) is 5.26. The summed E-state index contributed by atoms with van der Waals surface area (Å²) in [6.07, 6.45) is -4.24. The molecule has 0 aliphatic carbocycles. The van der Waals surface area contributed by atoms with E-state index < -0.39 is 42.6 Å². The average Bonchev–Trinajstić information content (AvgIpc) is 2.70. The first-order valence-corrected chi connectivity index (χ1v) is 8.85. The number of esters is 2. The van der Waals surface area contributed by atoms with E-state index in [1.807, 2.05) is 6.92 Å². The third-order valence-electron chi connectivity index (χ3n) is 4.25. The molecule has 27 heavy (non-hydrogen) atoms. The molecule has 0 amide bonds. The highest BCUT2D eigenvalue weighted by Gasteiger charge is 2.51. The van der Waals surface area contributed by atoms with Gasteiger partial charge in [0.05, 0.1) is 12.7 Å². The molecular formula is C19H26O8. The van der Waals surface area contributed by atoms with Crippen molar-refractivity contribution in [3.8, 4) is 0 Å². The van der Waals surface area contributed by atoms with E-state index in [0.29, 0.717) is 12.2 Å². The molecule has 0 spiro atoms. The Hall–Kier alpha value is -2.00. The number of hydrogen-bond acceptors (Lipinski definition) is 8. The van der Waals surface area contributed by atoms with Crippen LogP contribution in [-0.2, 0) is 28.5 Å². The quantitative estimate of drug-likeness (QED) is 0.530. The van der Waals surface area contributed by atoms with Gasteiger partial charge < -0.3 is 28.8 Å². The second kappa shape index (κ2) is 10.4. The number of aliphatic hydroxyl groups is 1. The summed E-state index contributed by atoms with van der Waals surface area (Å²) in [5, 5.41) is 10.6. The minimum atomic E-state index is -1.38. The molecular weight excluding hydrogens is 356 g/mol. The highest BCUT2D eigenvalue weighted by Crippen LogP contribution is 2.28. The summed E-state index contributed by atoms with van der Waals surface area (Å²) in [5.74, 6) is -1.37. The van der Waals surface area contributed by atoms with Crippen molar-refractivity contribution in [1.82, 2.24) is 0 Å². The van der Waals surface area contributed by atoms with Crippen molar-refractivity contribution in [1.29, 1.82) is 0 Å². The number of methoxy groups -OCH3 is 2. The fraction of sp³-hybridized carbons (Fsp3) is 0.579. The molecule has 0 radical (unpaired) electrons. The Balaban J connectivity index is 2.23. The highest BCUT2D eigenvalue weighted by atomic mass is 16.7. The first-order valence-electron chi connectivity index (χ1n) is 8.85. The molecule has 1 aromatic carbocycles. The van der Waals surface area contributed by atoms with Crippen molar-refractivity contribution >= 4 is 11.9 Å². The van der Waals surface area contributed by atoms with E-state index in [-0.39, 0.29) is 0 Å². The van der Waals surface area contributed by atoms with Gasteiger partial charge >= 0.3 is 11.9 Å². The van der Waals surface area contributed by atoms with Crippen LogP contribution in [0.15, 0.2) is 30.3 Å². The Morgan fingerprint density at radius 2 is 1.85 bits per heavy atom. The largest absolute Gasteiger partial charge is 0.467 e. The molecule has 0 aromatic heterocycles. The number of unbranched alkanes of at least 4 members (excludes halogenated alkanes) is 1. The summed E-state index contributed by atoms with van der Waals surface area (Å²) in [7, 11) is 2.54. The van der Waals surface area contributed by atoms with Gasteiger partial charge in [-0.25, -0.2) is 9.59 Å². The zero-order valence-corrected chi connectivity index (χ0v) is 15.7. The van der Waals surface area contributed by atoms with Gasteiger partial charge in [-0.15, -0.1) is 0 Å². The topological polar surface area (TPSA) is 101 Å². The Kier molecular flexibility index (Phi) is 8.18. The van der Waals surface area contributed by atoms with Gasteiger partial charge in [0, 0.05) is 13.7 Å². The van der Waals surface area contributed by atoms with E-state index in [1.54, 1.807) is 30.3 Å². The molecule has 1 fully saturated rings. The Morgan fingerprint density at radius 1 is 1.15 bits per heavy atom. The first kappa shape index (κ1) is 21.3. The van der Waals surface area contributed by atoms with Crippen molar-refractivity contribution < 1.29 is 38.4 Å². The lowest BCUT2D eigenvalue weighted by Gasteiger charge is -2.42. The summed E-state index contributed by atoms with van der Waals surface area (Å²) >= 11 is 0. The molecule has 8 heteroatoms. The number of ether oxygens (including phenoxy) is 5. The van der Waals surface area contributed by atoms with Gasteiger partial charge in [-0.2, -0.15) is 0 Å². The molecule has 2 rings (SSSR count). The number of benzene rings is 1. The minimum absolute atomic E-state index is 0.321. The maximum atomic E-state index is 12.5. The van der Waals surface area contributed by atoms with Gasteiger partial charge in [-0.1, -0.05) is 31.5 Å². The number of carbonyl (C=O) groups is 2. The molecule has 1 saturated heterocycles. The second-order valence-corrected chi connectivity index (χ2v) is 6.10. The van der Waals surface area contributed by atoms with Crippen LogP contribution in [0.25, 0.3) is 0 Å². The molecule has 1 aromatic rings. The maximum Gasteiger partial charge on any atom is 0.338 e. The van der Waals surface area contributed by atoms with Crippen LogP contribution < -0.4 is 0 Å². The van der Waals surface area contributed by atoms with Gasteiger partial charge in [-0.05, 0) is 18.6 Å². The molecule has 1 N–H and O–H groups in total. The van der Waals surface area contributed by atoms with Crippen LogP contribution in [0.3, 0.4) is 0 Å². The number of aliphatic hydroxyl groups excluding tert-OH is 1. The van der Waals surface area contributed by atoms with Crippen LogP contribution in [0.2, 0.25) is 0 Å². The monoisotopic (exact) mass is 382 g/mol. The molecule has 1 heterocycles. The number of hydrogen-bond donors (Lipinski definition) is 1. The van der Waals surface area contributed by atoms with E-state index in [9.17, 15) is 14.7 Å². The van der Waals surface area contributed by atoms with Crippen LogP contribution in [0.5, 0.6) is 0 Å². The maximum absolute atomic E-state index is 12.5.